The molecular formula is C25H25FN2O5S. The maximum Gasteiger partial charge on any atom is 0.251 e. The van der Waals surface area contributed by atoms with Gasteiger partial charge in [-0.25, -0.2) is 17.5 Å². The summed E-state index contributed by atoms with van der Waals surface area (Å²) >= 11 is 0. The molecule has 0 spiro atoms. The largest absolute Gasteiger partial charge is 0.395 e. The first-order chi connectivity index (χ1) is 16.3. The number of rotatable bonds is 11. The Hall–Kier alpha value is -3.40. The Morgan fingerprint density at radius 2 is 1.53 bits per heavy atom. The summed E-state index contributed by atoms with van der Waals surface area (Å²) in [4.78, 5) is 25.8. The quantitative estimate of drug-likeness (QED) is 0.387. The molecule has 0 aliphatic carbocycles. The number of amides is 1. The number of aliphatic hydroxyl groups is 1. The summed E-state index contributed by atoms with van der Waals surface area (Å²) in [6.45, 7) is -0.421. The summed E-state index contributed by atoms with van der Waals surface area (Å²) in [5.41, 5.74) is 1.68. The van der Waals surface area contributed by atoms with Gasteiger partial charge in [0.25, 0.3) is 5.91 Å². The van der Waals surface area contributed by atoms with Crippen molar-refractivity contribution in [2.45, 2.75) is 23.8 Å². The molecule has 1 amide bonds. The summed E-state index contributed by atoms with van der Waals surface area (Å²) in [5, 5.41) is 11.6. The summed E-state index contributed by atoms with van der Waals surface area (Å²) in [7, 11) is -3.75. The molecule has 0 unspecified atom stereocenters. The molecular weight excluding hydrogens is 459 g/mol. The molecule has 0 radical (unpaired) electrons. The highest BCUT2D eigenvalue weighted by Gasteiger charge is 2.22. The maximum atomic E-state index is 13.2. The standard InChI is InChI=1S/C25H25FN2O5S/c26-21-10-8-20(9-11-21)25(31)28-23(16-18-4-2-1-3-5-18)24(30)17-19-6-12-22(13-7-19)34(32,33)27-14-15-29/h1-13,23,27,29H,14-17H2,(H,28,31)/t23-/m0/s1. The molecule has 3 rings (SSSR count). The highest BCUT2D eigenvalue weighted by atomic mass is 32.2. The average molecular weight is 485 g/mol. The zero-order valence-corrected chi connectivity index (χ0v) is 19.1. The normalized spacial score (nSPS) is 12.2. The van der Waals surface area contributed by atoms with Crippen LogP contribution in [0.2, 0.25) is 0 Å². The average Bonchev–Trinajstić information content (AvgIpc) is 2.83. The molecule has 0 aliphatic heterocycles. The van der Waals surface area contributed by atoms with Crippen molar-refractivity contribution < 1.29 is 27.5 Å². The van der Waals surface area contributed by atoms with E-state index in [0.717, 1.165) is 5.56 Å². The van der Waals surface area contributed by atoms with E-state index in [2.05, 4.69) is 10.0 Å². The van der Waals surface area contributed by atoms with Gasteiger partial charge < -0.3 is 10.4 Å². The van der Waals surface area contributed by atoms with E-state index in [1.165, 1.54) is 48.5 Å². The smallest absolute Gasteiger partial charge is 0.251 e. The summed E-state index contributed by atoms with van der Waals surface area (Å²) in [6.07, 6.45) is 0.246. The van der Waals surface area contributed by atoms with Gasteiger partial charge in [-0.15, -0.1) is 0 Å². The van der Waals surface area contributed by atoms with E-state index in [0.29, 0.717) is 5.56 Å². The van der Waals surface area contributed by atoms with Crippen molar-refractivity contribution in [3.63, 3.8) is 0 Å². The number of nitrogens with one attached hydrogen (secondary N) is 2. The van der Waals surface area contributed by atoms with Gasteiger partial charge in [-0.05, 0) is 53.9 Å². The molecule has 9 heteroatoms. The van der Waals surface area contributed by atoms with Crippen LogP contribution in [0, 0.1) is 5.82 Å². The third-order valence-electron chi connectivity index (χ3n) is 5.10. The summed E-state index contributed by atoms with van der Waals surface area (Å²) in [6, 6.07) is 19.3. The Bertz CT molecular complexity index is 1210. The Morgan fingerprint density at radius 3 is 2.15 bits per heavy atom. The first kappa shape index (κ1) is 25.2. The minimum atomic E-state index is -3.75. The number of benzene rings is 3. The predicted octanol–water partition coefficient (Wildman–Crippen LogP) is 2.25. The lowest BCUT2D eigenvalue weighted by molar-refractivity contribution is -0.120. The molecule has 3 N–H and O–H groups in total. The second-order valence-electron chi connectivity index (χ2n) is 7.63. The lowest BCUT2D eigenvalue weighted by Gasteiger charge is -2.18. The highest BCUT2D eigenvalue weighted by molar-refractivity contribution is 7.89. The zero-order chi connectivity index (χ0) is 24.6. The van der Waals surface area contributed by atoms with E-state index in [4.69, 9.17) is 5.11 Å². The fraction of sp³-hybridized carbons (Fsp3) is 0.200. The Morgan fingerprint density at radius 1 is 0.882 bits per heavy atom. The van der Waals surface area contributed by atoms with E-state index in [1.807, 2.05) is 30.3 Å². The van der Waals surface area contributed by atoms with Crippen LogP contribution in [0.25, 0.3) is 0 Å². The third-order valence-corrected chi connectivity index (χ3v) is 6.58. The van der Waals surface area contributed by atoms with Crippen LogP contribution >= 0.6 is 0 Å². The second-order valence-corrected chi connectivity index (χ2v) is 9.40. The van der Waals surface area contributed by atoms with E-state index in [-0.39, 0.29) is 42.2 Å². The predicted molar refractivity (Wildman–Crippen MR) is 125 cm³/mol. The second kappa shape index (κ2) is 11.6. The molecule has 0 heterocycles. The number of ketones is 1. The van der Waals surface area contributed by atoms with Crippen molar-refractivity contribution in [1.82, 2.24) is 10.0 Å². The molecule has 0 aromatic heterocycles. The van der Waals surface area contributed by atoms with Crippen LogP contribution in [0.3, 0.4) is 0 Å². The van der Waals surface area contributed by atoms with Gasteiger partial charge in [-0.1, -0.05) is 42.5 Å². The lowest BCUT2D eigenvalue weighted by Crippen LogP contribution is -2.43. The van der Waals surface area contributed by atoms with Crippen LogP contribution in [0.1, 0.15) is 21.5 Å². The Balaban J connectivity index is 1.75. The van der Waals surface area contributed by atoms with E-state index < -0.39 is 27.8 Å². The van der Waals surface area contributed by atoms with Crippen molar-refractivity contribution >= 4 is 21.7 Å². The van der Waals surface area contributed by atoms with Gasteiger partial charge in [0, 0.05) is 18.5 Å². The van der Waals surface area contributed by atoms with Gasteiger partial charge in [0.2, 0.25) is 10.0 Å². The lowest BCUT2D eigenvalue weighted by atomic mass is 9.97. The number of carbonyl (C=O) groups excluding carboxylic acids is 2. The van der Waals surface area contributed by atoms with Crippen LogP contribution in [-0.4, -0.2) is 44.4 Å². The Kier molecular flexibility index (Phi) is 8.64. The van der Waals surface area contributed by atoms with Gasteiger partial charge in [0.1, 0.15) is 5.82 Å². The highest BCUT2D eigenvalue weighted by Crippen LogP contribution is 2.14. The van der Waals surface area contributed by atoms with E-state index in [9.17, 15) is 22.4 Å². The molecule has 178 valence electrons. The maximum absolute atomic E-state index is 13.2. The molecule has 0 saturated heterocycles. The van der Waals surface area contributed by atoms with Crippen molar-refractivity contribution in [2.75, 3.05) is 13.2 Å². The molecule has 0 aliphatic rings. The Labute approximate surface area is 197 Å². The van der Waals surface area contributed by atoms with E-state index in [1.54, 1.807) is 0 Å². The van der Waals surface area contributed by atoms with Crippen molar-refractivity contribution in [2.24, 2.45) is 0 Å². The van der Waals surface area contributed by atoms with Crippen molar-refractivity contribution in [3.05, 3.63) is 101 Å². The SMILES string of the molecule is O=C(N[C@@H](Cc1ccccc1)C(=O)Cc1ccc(S(=O)(=O)NCCO)cc1)c1ccc(F)cc1. The fourth-order valence-electron chi connectivity index (χ4n) is 3.31. The topological polar surface area (TPSA) is 113 Å². The summed E-state index contributed by atoms with van der Waals surface area (Å²) in [5.74, 6) is -1.22. The van der Waals surface area contributed by atoms with Gasteiger partial charge in [0.05, 0.1) is 17.5 Å². The fourth-order valence-corrected chi connectivity index (χ4v) is 4.33. The van der Waals surface area contributed by atoms with Gasteiger partial charge >= 0.3 is 0 Å². The molecule has 3 aromatic rings. The number of halogens is 1. The molecule has 34 heavy (non-hydrogen) atoms. The molecule has 3 aromatic carbocycles. The third kappa shape index (κ3) is 7.05. The van der Waals surface area contributed by atoms with E-state index >= 15 is 0 Å². The van der Waals surface area contributed by atoms with Crippen molar-refractivity contribution in [3.8, 4) is 0 Å². The molecule has 7 nitrogen and oxygen atoms in total. The first-order valence-electron chi connectivity index (χ1n) is 10.6. The van der Waals surface area contributed by atoms with Gasteiger partial charge in [0.15, 0.2) is 5.78 Å². The molecule has 1 atom stereocenters. The number of Topliss-reactive ketones (excluding diaryl/α,β-unsaturated/α-hetero) is 1. The van der Waals surface area contributed by atoms with Gasteiger partial charge in [-0.3, -0.25) is 9.59 Å². The van der Waals surface area contributed by atoms with Crippen LogP contribution in [0.15, 0.2) is 83.8 Å². The minimum Gasteiger partial charge on any atom is -0.395 e. The minimum absolute atomic E-state index is 0.0163. The number of hydrogen-bond donors (Lipinski definition) is 3. The van der Waals surface area contributed by atoms with Crippen LogP contribution < -0.4 is 10.0 Å². The van der Waals surface area contributed by atoms with Gasteiger partial charge in [-0.2, -0.15) is 0 Å². The van der Waals surface area contributed by atoms with Crippen molar-refractivity contribution in [1.29, 1.82) is 0 Å². The number of hydrogen-bond acceptors (Lipinski definition) is 5. The number of aliphatic hydroxyl groups excluding tert-OH is 1. The molecule has 0 saturated carbocycles. The van der Waals surface area contributed by atoms with Crippen LogP contribution in [0.5, 0.6) is 0 Å². The summed E-state index contributed by atoms with van der Waals surface area (Å²) < 4.78 is 39.8. The molecule has 0 fully saturated rings. The van der Waals surface area contributed by atoms with Crippen LogP contribution in [0.4, 0.5) is 4.39 Å². The number of carbonyl (C=O) groups is 2. The van der Waals surface area contributed by atoms with Crippen LogP contribution in [-0.2, 0) is 27.7 Å². The monoisotopic (exact) mass is 484 g/mol. The number of sulfonamides is 1. The molecule has 0 bridgehead atoms. The first-order valence-corrected chi connectivity index (χ1v) is 12.1. The zero-order valence-electron chi connectivity index (χ0n) is 18.3.